The Morgan fingerprint density at radius 1 is 1.11 bits per heavy atom. The van der Waals surface area contributed by atoms with Gasteiger partial charge in [0.15, 0.2) is 0 Å². The van der Waals surface area contributed by atoms with Crippen molar-refractivity contribution in [3.05, 3.63) is 30.6 Å². The fraction of sp³-hybridized carbons (Fsp3) is 0.333. The number of hydrogen-bond acceptors (Lipinski definition) is 5. The van der Waals surface area contributed by atoms with E-state index in [9.17, 15) is 4.57 Å². The van der Waals surface area contributed by atoms with Crippen LogP contribution >= 0.6 is 7.60 Å². The van der Waals surface area contributed by atoms with Gasteiger partial charge >= 0.3 is 7.60 Å². The number of fused-ring (bicyclic) bond motifs is 1. The molecule has 0 aliphatic rings. The number of para-hydroxylation sites is 1. The van der Waals surface area contributed by atoms with Gasteiger partial charge in [-0.2, -0.15) is 0 Å². The Hall–Kier alpha value is -1.29. The van der Waals surface area contributed by atoms with Crippen LogP contribution in [0, 0.1) is 0 Å². The van der Waals surface area contributed by atoms with E-state index in [0.29, 0.717) is 29.6 Å². The highest BCUT2D eigenvalue weighted by Gasteiger charge is 2.29. The van der Waals surface area contributed by atoms with Crippen LogP contribution in [-0.4, -0.2) is 23.2 Å². The van der Waals surface area contributed by atoms with Crippen LogP contribution in [-0.2, 0) is 13.6 Å². The third-order valence-corrected chi connectivity index (χ3v) is 4.52. The molecule has 96 valence electrons. The summed E-state index contributed by atoms with van der Waals surface area (Å²) >= 11 is 0. The lowest BCUT2D eigenvalue weighted by atomic mass is 10.3. The third kappa shape index (κ3) is 2.43. The zero-order valence-corrected chi connectivity index (χ0v) is 11.3. The SMILES string of the molecule is CCOP(=O)(OCC)c1cccc2nccnc12. The summed E-state index contributed by atoms with van der Waals surface area (Å²) in [6.07, 6.45) is 3.16. The fourth-order valence-corrected chi connectivity index (χ4v) is 3.45. The second kappa shape index (κ2) is 5.57. The Labute approximate surface area is 106 Å². The van der Waals surface area contributed by atoms with E-state index in [1.54, 1.807) is 38.4 Å². The van der Waals surface area contributed by atoms with Gasteiger partial charge in [0.1, 0.15) is 5.52 Å². The van der Waals surface area contributed by atoms with Crippen LogP contribution in [0.1, 0.15) is 13.8 Å². The van der Waals surface area contributed by atoms with Gasteiger partial charge in [-0.1, -0.05) is 6.07 Å². The molecule has 18 heavy (non-hydrogen) atoms. The molecule has 0 spiro atoms. The van der Waals surface area contributed by atoms with Crippen molar-refractivity contribution in [1.82, 2.24) is 9.97 Å². The Morgan fingerprint density at radius 2 is 1.78 bits per heavy atom. The van der Waals surface area contributed by atoms with E-state index in [1.807, 2.05) is 6.07 Å². The maximum Gasteiger partial charge on any atom is 0.363 e. The number of nitrogens with zero attached hydrogens (tertiary/aromatic N) is 2. The summed E-state index contributed by atoms with van der Waals surface area (Å²) in [6, 6.07) is 5.30. The van der Waals surface area contributed by atoms with E-state index in [-0.39, 0.29) is 0 Å². The second-order valence-corrected chi connectivity index (χ2v) is 5.53. The Bertz CT molecular complexity index is 573. The topological polar surface area (TPSA) is 61.3 Å². The molecule has 2 aromatic rings. The first kappa shape index (κ1) is 13.1. The van der Waals surface area contributed by atoms with Gasteiger partial charge in [0.05, 0.1) is 24.0 Å². The van der Waals surface area contributed by atoms with Gasteiger partial charge in [-0.25, -0.2) is 0 Å². The van der Waals surface area contributed by atoms with Crippen LogP contribution in [0.4, 0.5) is 0 Å². The molecule has 5 nitrogen and oxygen atoms in total. The molecule has 0 saturated carbocycles. The minimum Gasteiger partial charge on any atom is -0.305 e. The van der Waals surface area contributed by atoms with Crippen LogP contribution in [0.15, 0.2) is 30.6 Å². The summed E-state index contributed by atoms with van der Waals surface area (Å²) in [7, 11) is -3.32. The lowest BCUT2D eigenvalue weighted by molar-refractivity contribution is 0.230. The molecule has 6 heteroatoms. The number of aromatic nitrogens is 2. The maximum atomic E-state index is 12.7. The Balaban J connectivity index is 2.61. The normalized spacial score (nSPS) is 11.9. The first-order valence-electron chi connectivity index (χ1n) is 5.80. The van der Waals surface area contributed by atoms with Crippen LogP contribution < -0.4 is 5.30 Å². The van der Waals surface area contributed by atoms with Crippen molar-refractivity contribution in [3.8, 4) is 0 Å². The van der Waals surface area contributed by atoms with Gasteiger partial charge < -0.3 is 9.05 Å². The zero-order valence-electron chi connectivity index (χ0n) is 10.4. The highest BCUT2D eigenvalue weighted by molar-refractivity contribution is 7.62. The summed E-state index contributed by atoms with van der Waals surface area (Å²) < 4.78 is 23.4. The standard InChI is InChI=1S/C12H15N2O3P/c1-3-16-18(15,17-4-2)11-7-5-6-10-12(11)14-9-8-13-10/h5-9H,3-4H2,1-2H3. The van der Waals surface area contributed by atoms with E-state index in [4.69, 9.17) is 9.05 Å². The fourth-order valence-electron chi connectivity index (χ4n) is 1.71. The van der Waals surface area contributed by atoms with Crippen molar-refractivity contribution >= 4 is 23.9 Å². The minimum atomic E-state index is -3.32. The van der Waals surface area contributed by atoms with Crippen LogP contribution in [0.3, 0.4) is 0 Å². The smallest absolute Gasteiger partial charge is 0.305 e. The molecule has 1 aromatic carbocycles. The van der Waals surface area contributed by atoms with Crippen molar-refractivity contribution in [2.75, 3.05) is 13.2 Å². The maximum absolute atomic E-state index is 12.7. The number of benzene rings is 1. The lowest BCUT2D eigenvalue weighted by Gasteiger charge is -2.17. The average Bonchev–Trinajstić information content (AvgIpc) is 2.38. The molecule has 0 fully saturated rings. The van der Waals surface area contributed by atoms with Gasteiger partial charge in [-0.05, 0) is 26.0 Å². The van der Waals surface area contributed by atoms with Gasteiger partial charge in [-0.3, -0.25) is 14.5 Å². The summed E-state index contributed by atoms with van der Waals surface area (Å²) in [5.74, 6) is 0. The molecule has 0 atom stereocenters. The van der Waals surface area contributed by atoms with Crippen molar-refractivity contribution in [2.45, 2.75) is 13.8 Å². The molecule has 0 aliphatic carbocycles. The number of hydrogen-bond donors (Lipinski definition) is 0. The van der Waals surface area contributed by atoms with Gasteiger partial charge in [-0.15, -0.1) is 0 Å². The van der Waals surface area contributed by atoms with E-state index < -0.39 is 7.60 Å². The predicted molar refractivity (Wildman–Crippen MR) is 70.0 cm³/mol. The highest BCUT2D eigenvalue weighted by atomic mass is 31.2. The Kier molecular flexibility index (Phi) is 4.07. The first-order valence-corrected chi connectivity index (χ1v) is 7.35. The molecule has 1 heterocycles. The lowest BCUT2D eigenvalue weighted by Crippen LogP contribution is -2.13. The Morgan fingerprint density at radius 3 is 2.44 bits per heavy atom. The van der Waals surface area contributed by atoms with E-state index in [1.165, 1.54) is 0 Å². The van der Waals surface area contributed by atoms with E-state index in [2.05, 4.69) is 9.97 Å². The highest BCUT2D eigenvalue weighted by Crippen LogP contribution is 2.47. The van der Waals surface area contributed by atoms with E-state index in [0.717, 1.165) is 0 Å². The predicted octanol–water partition coefficient (Wildman–Crippen LogP) is 2.52. The minimum absolute atomic E-state index is 0.313. The molecule has 0 aliphatic heterocycles. The summed E-state index contributed by atoms with van der Waals surface area (Å²) in [5.41, 5.74) is 1.24. The molecule has 0 bridgehead atoms. The second-order valence-electron chi connectivity index (χ2n) is 3.53. The molecule has 0 radical (unpaired) electrons. The van der Waals surface area contributed by atoms with Crippen molar-refractivity contribution in [1.29, 1.82) is 0 Å². The molecule has 0 N–H and O–H groups in total. The molecular formula is C12H15N2O3P. The molecule has 2 rings (SSSR count). The van der Waals surface area contributed by atoms with Gasteiger partial charge in [0.2, 0.25) is 0 Å². The summed E-state index contributed by atoms with van der Waals surface area (Å²) in [4.78, 5) is 8.40. The zero-order chi connectivity index (χ0) is 13.0. The van der Waals surface area contributed by atoms with Crippen LogP contribution in [0.2, 0.25) is 0 Å². The molecule has 1 aromatic heterocycles. The number of rotatable bonds is 5. The molecule has 0 amide bonds. The molecule has 0 unspecified atom stereocenters. The largest absolute Gasteiger partial charge is 0.363 e. The first-order chi connectivity index (χ1) is 8.71. The summed E-state index contributed by atoms with van der Waals surface area (Å²) in [6.45, 7) is 4.19. The van der Waals surface area contributed by atoms with E-state index >= 15 is 0 Å². The van der Waals surface area contributed by atoms with Crippen molar-refractivity contribution < 1.29 is 13.6 Å². The third-order valence-electron chi connectivity index (χ3n) is 2.37. The average molecular weight is 266 g/mol. The monoisotopic (exact) mass is 266 g/mol. The van der Waals surface area contributed by atoms with Crippen LogP contribution in [0.5, 0.6) is 0 Å². The molecule has 0 saturated heterocycles. The summed E-state index contributed by atoms with van der Waals surface area (Å²) in [5, 5.41) is 0.469. The van der Waals surface area contributed by atoms with Crippen LogP contribution in [0.25, 0.3) is 11.0 Å². The van der Waals surface area contributed by atoms with Crippen molar-refractivity contribution in [3.63, 3.8) is 0 Å². The van der Waals surface area contributed by atoms with Gasteiger partial charge in [0, 0.05) is 12.4 Å². The quantitative estimate of drug-likeness (QED) is 0.778. The molecular weight excluding hydrogens is 251 g/mol. The van der Waals surface area contributed by atoms with Crippen molar-refractivity contribution in [2.24, 2.45) is 0 Å². The van der Waals surface area contributed by atoms with Gasteiger partial charge in [0.25, 0.3) is 0 Å².